The Labute approximate surface area is 107 Å². The van der Waals surface area contributed by atoms with Gasteiger partial charge < -0.3 is 10.1 Å². The zero-order valence-electron chi connectivity index (χ0n) is 10.9. The van der Waals surface area contributed by atoms with Crippen molar-refractivity contribution in [3.8, 4) is 0 Å². The van der Waals surface area contributed by atoms with Crippen molar-refractivity contribution in [1.29, 1.82) is 0 Å². The highest BCUT2D eigenvalue weighted by Crippen LogP contribution is 2.17. The van der Waals surface area contributed by atoms with Gasteiger partial charge in [-0.15, -0.1) is 0 Å². The molecule has 0 saturated carbocycles. The number of hydrogen-bond donors (Lipinski definition) is 1. The Balaban J connectivity index is 1.89. The number of rotatable bonds is 4. The minimum absolute atomic E-state index is 0.138. The van der Waals surface area contributed by atoms with E-state index in [4.69, 9.17) is 4.74 Å². The van der Waals surface area contributed by atoms with E-state index in [0.717, 1.165) is 25.9 Å². The summed E-state index contributed by atoms with van der Waals surface area (Å²) < 4.78 is 4.79. The maximum atomic E-state index is 12.0. The lowest BCUT2D eigenvalue weighted by Gasteiger charge is -2.35. The molecular formula is C12H21N3O3. The van der Waals surface area contributed by atoms with E-state index in [2.05, 4.69) is 10.2 Å². The molecule has 2 aliphatic heterocycles. The number of nitrogens with zero attached hydrogens (tertiary/aromatic N) is 2. The fourth-order valence-electron chi connectivity index (χ4n) is 2.61. The van der Waals surface area contributed by atoms with Crippen LogP contribution in [0.4, 0.5) is 4.79 Å². The van der Waals surface area contributed by atoms with Crippen LogP contribution in [0.15, 0.2) is 0 Å². The van der Waals surface area contributed by atoms with Crippen molar-refractivity contribution >= 4 is 12.0 Å². The van der Waals surface area contributed by atoms with E-state index < -0.39 is 6.09 Å². The predicted molar refractivity (Wildman–Crippen MR) is 66.2 cm³/mol. The molecule has 2 amide bonds. The van der Waals surface area contributed by atoms with Gasteiger partial charge in [0.2, 0.25) is 5.91 Å². The predicted octanol–water partition coefficient (Wildman–Crippen LogP) is 0.0391. The van der Waals surface area contributed by atoms with Gasteiger partial charge in [-0.3, -0.25) is 9.69 Å². The second-order valence-corrected chi connectivity index (χ2v) is 4.84. The molecular weight excluding hydrogens is 234 g/mol. The van der Waals surface area contributed by atoms with Gasteiger partial charge in [-0.05, 0) is 26.4 Å². The molecule has 18 heavy (non-hydrogen) atoms. The summed E-state index contributed by atoms with van der Waals surface area (Å²) in [5, 5.41) is 3.16. The van der Waals surface area contributed by atoms with Crippen LogP contribution < -0.4 is 5.32 Å². The third kappa shape index (κ3) is 3.00. The molecule has 2 fully saturated rings. The third-order valence-corrected chi connectivity index (χ3v) is 3.59. The maximum Gasteiger partial charge on any atom is 0.416 e. The van der Waals surface area contributed by atoms with Gasteiger partial charge >= 0.3 is 6.09 Å². The molecule has 6 heteroatoms. The van der Waals surface area contributed by atoms with Crippen molar-refractivity contribution in [2.75, 3.05) is 39.8 Å². The van der Waals surface area contributed by atoms with Crippen LogP contribution in [0, 0.1) is 0 Å². The number of piperidine rings is 1. The first kappa shape index (κ1) is 13.3. The molecule has 0 aromatic heterocycles. The Morgan fingerprint density at radius 3 is 2.94 bits per heavy atom. The Morgan fingerprint density at radius 2 is 2.28 bits per heavy atom. The fourth-order valence-corrected chi connectivity index (χ4v) is 2.61. The standard InChI is InChI=1S/C12H21N3O3/c1-13-8-10-4-2-3-5-14(10)9-11(16)15-6-7-18-12(15)17/h10,13H,2-9H2,1H3. The van der Waals surface area contributed by atoms with Crippen LogP contribution in [0.25, 0.3) is 0 Å². The average Bonchev–Trinajstić information content (AvgIpc) is 2.78. The van der Waals surface area contributed by atoms with E-state index in [1.807, 2.05) is 7.05 Å². The van der Waals surface area contributed by atoms with Gasteiger partial charge in [0.05, 0.1) is 13.1 Å². The molecule has 2 heterocycles. The minimum Gasteiger partial charge on any atom is -0.447 e. The molecule has 1 atom stereocenters. The van der Waals surface area contributed by atoms with Gasteiger partial charge in [0.25, 0.3) is 0 Å². The molecule has 102 valence electrons. The Morgan fingerprint density at radius 1 is 1.44 bits per heavy atom. The largest absolute Gasteiger partial charge is 0.447 e. The zero-order chi connectivity index (χ0) is 13.0. The van der Waals surface area contributed by atoms with Crippen molar-refractivity contribution in [2.45, 2.75) is 25.3 Å². The highest BCUT2D eigenvalue weighted by Gasteiger charge is 2.31. The summed E-state index contributed by atoms with van der Waals surface area (Å²) in [5.74, 6) is -0.138. The highest BCUT2D eigenvalue weighted by molar-refractivity contribution is 5.94. The number of amides is 2. The molecule has 1 unspecified atom stereocenters. The molecule has 1 N–H and O–H groups in total. The molecule has 6 nitrogen and oxygen atoms in total. The van der Waals surface area contributed by atoms with Crippen molar-refractivity contribution in [3.63, 3.8) is 0 Å². The third-order valence-electron chi connectivity index (χ3n) is 3.59. The molecule has 2 rings (SSSR count). The quantitative estimate of drug-likeness (QED) is 0.768. The molecule has 0 bridgehead atoms. The number of imide groups is 1. The second-order valence-electron chi connectivity index (χ2n) is 4.84. The van der Waals surface area contributed by atoms with Crippen LogP contribution in [0.1, 0.15) is 19.3 Å². The maximum absolute atomic E-state index is 12.0. The zero-order valence-corrected chi connectivity index (χ0v) is 10.9. The summed E-state index contributed by atoms with van der Waals surface area (Å²) in [6.07, 6.45) is 2.95. The Kier molecular flexibility index (Phi) is 4.54. The number of carbonyl (C=O) groups is 2. The molecule has 2 saturated heterocycles. The summed E-state index contributed by atoms with van der Waals surface area (Å²) in [4.78, 5) is 26.7. The molecule has 0 radical (unpaired) electrons. The first-order chi connectivity index (χ1) is 8.72. The number of likely N-dealkylation sites (N-methyl/N-ethyl adjacent to an activating group) is 1. The fraction of sp³-hybridized carbons (Fsp3) is 0.833. The van der Waals surface area contributed by atoms with Crippen LogP contribution in [0.2, 0.25) is 0 Å². The molecule has 0 aromatic rings. The summed E-state index contributed by atoms with van der Waals surface area (Å²) in [6.45, 7) is 2.85. The van der Waals surface area contributed by atoms with Gasteiger partial charge in [0, 0.05) is 12.6 Å². The lowest BCUT2D eigenvalue weighted by atomic mass is 10.0. The van der Waals surface area contributed by atoms with E-state index in [0.29, 0.717) is 25.7 Å². The summed E-state index contributed by atoms with van der Waals surface area (Å²) in [7, 11) is 1.92. The molecule has 2 aliphatic rings. The number of hydrogen-bond acceptors (Lipinski definition) is 5. The topological polar surface area (TPSA) is 61.9 Å². The minimum atomic E-state index is -0.498. The number of nitrogens with one attached hydrogen (secondary N) is 1. The van der Waals surface area contributed by atoms with Crippen molar-refractivity contribution < 1.29 is 14.3 Å². The normalized spacial score (nSPS) is 25.3. The SMILES string of the molecule is CNCC1CCCCN1CC(=O)N1CCOC1=O. The average molecular weight is 255 g/mol. The summed E-state index contributed by atoms with van der Waals surface area (Å²) in [6, 6.07) is 0.395. The monoisotopic (exact) mass is 255 g/mol. The Hall–Kier alpha value is -1.14. The van der Waals surface area contributed by atoms with Crippen LogP contribution in [-0.2, 0) is 9.53 Å². The second kappa shape index (κ2) is 6.15. The van der Waals surface area contributed by atoms with Gasteiger partial charge in [-0.1, -0.05) is 6.42 Å². The highest BCUT2D eigenvalue weighted by atomic mass is 16.6. The van der Waals surface area contributed by atoms with Gasteiger partial charge in [0.1, 0.15) is 6.61 Å². The summed E-state index contributed by atoms with van der Waals surface area (Å²) >= 11 is 0. The molecule has 0 spiro atoms. The lowest BCUT2D eigenvalue weighted by Crippen LogP contribution is -2.50. The van der Waals surface area contributed by atoms with Crippen LogP contribution in [0.3, 0.4) is 0 Å². The number of carbonyl (C=O) groups excluding carboxylic acids is 2. The van der Waals surface area contributed by atoms with E-state index in [1.54, 1.807) is 0 Å². The van der Waals surface area contributed by atoms with Gasteiger partial charge in [-0.2, -0.15) is 0 Å². The van der Waals surface area contributed by atoms with Gasteiger partial charge in [0.15, 0.2) is 0 Å². The van der Waals surface area contributed by atoms with Crippen molar-refractivity contribution in [1.82, 2.24) is 15.1 Å². The first-order valence-electron chi connectivity index (χ1n) is 6.58. The molecule has 0 aliphatic carbocycles. The number of ether oxygens (including phenoxy) is 1. The van der Waals surface area contributed by atoms with E-state index in [1.165, 1.54) is 11.3 Å². The lowest BCUT2D eigenvalue weighted by molar-refractivity contribution is -0.129. The molecule has 0 aromatic carbocycles. The smallest absolute Gasteiger partial charge is 0.416 e. The van der Waals surface area contributed by atoms with Crippen LogP contribution in [-0.4, -0.2) is 67.7 Å². The number of likely N-dealkylation sites (tertiary alicyclic amines) is 1. The van der Waals surface area contributed by atoms with Crippen LogP contribution >= 0.6 is 0 Å². The van der Waals surface area contributed by atoms with Crippen molar-refractivity contribution in [3.05, 3.63) is 0 Å². The van der Waals surface area contributed by atoms with Crippen LogP contribution in [0.5, 0.6) is 0 Å². The Bertz CT molecular complexity index is 320. The van der Waals surface area contributed by atoms with E-state index in [9.17, 15) is 9.59 Å². The summed E-state index contributed by atoms with van der Waals surface area (Å²) in [5.41, 5.74) is 0. The van der Waals surface area contributed by atoms with E-state index in [-0.39, 0.29) is 5.91 Å². The van der Waals surface area contributed by atoms with E-state index >= 15 is 0 Å². The van der Waals surface area contributed by atoms with Crippen molar-refractivity contribution in [2.24, 2.45) is 0 Å². The number of cyclic esters (lactones) is 1. The first-order valence-corrected chi connectivity index (χ1v) is 6.58. The van der Waals surface area contributed by atoms with Gasteiger partial charge in [-0.25, -0.2) is 9.69 Å².